The van der Waals surface area contributed by atoms with E-state index in [2.05, 4.69) is 0 Å². The summed E-state index contributed by atoms with van der Waals surface area (Å²) < 4.78 is 37.0. The van der Waals surface area contributed by atoms with Gasteiger partial charge in [-0.05, 0) is 46.5 Å². The van der Waals surface area contributed by atoms with E-state index in [1.807, 2.05) is 103 Å². The minimum absolute atomic E-state index is 0.444. The van der Waals surface area contributed by atoms with Gasteiger partial charge < -0.3 is 23.5 Å². The van der Waals surface area contributed by atoms with Crippen molar-refractivity contribution in [2.24, 2.45) is 0 Å². The summed E-state index contributed by atoms with van der Waals surface area (Å²) in [6.45, 7) is 0. The van der Waals surface area contributed by atoms with Crippen LogP contribution >= 0.6 is 7.14 Å². The molecule has 5 nitrogen and oxygen atoms in total. The van der Waals surface area contributed by atoms with Gasteiger partial charge in [-0.15, -0.1) is 0 Å². The molecule has 0 heterocycles. The molecular weight excluding hydrogens is 495 g/mol. The van der Waals surface area contributed by atoms with Gasteiger partial charge >= 0.3 is 0 Å². The number of methoxy groups -OCH3 is 4. The lowest BCUT2D eigenvalue weighted by atomic mass is 10.1. The van der Waals surface area contributed by atoms with E-state index < -0.39 is 7.14 Å². The summed E-state index contributed by atoms with van der Waals surface area (Å²) in [4.78, 5) is 0. The second-order valence-electron chi connectivity index (χ2n) is 8.90. The van der Waals surface area contributed by atoms with Crippen LogP contribution in [0.25, 0.3) is 12.2 Å². The Labute approximate surface area is 225 Å². The van der Waals surface area contributed by atoms with Crippen LogP contribution < -0.4 is 24.3 Å². The van der Waals surface area contributed by atoms with Gasteiger partial charge in [0.25, 0.3) is 0 Å². The average Bonchev–Trinajstić information content (AvgIpc) is 2.96. The van der Waals surface area contributed by atoms with Crippen molar-refractivity contribution in [2.75, 3.05) is 28.4 Å². The van der Waals surface area contributed by atoms with Crippen molar-refractivity contribution < 1.29 is 23.5 Å². The Hall–Kier alpha value is -3.95. The smallest absolute Gasteiger partial charge is 0.203 e. The maximum Gasteiger partial charge on any atom is 0.203 e. The molecule has 0 radical (unpaired) electrons. The van der Waals surface area contributed by atoms with Crippen LogP contribution in [0.1, 0.15) is 22.3 Å². The topological polar surface area (TPSA) is 54.0 Å². The van der Waals surface area contributed by atoms with Crippen LogP contribution in [0.3, 0.4) is 0 Å². The molecule has 0 aliphatic rings. The van der Waals surface area contributed by atoms with Gasteiger partial charge in [0.05, 0.1) is 33.7 Å². The first-order chi connectivity index (χ1) is 18.5. The minimum atomic E-state index is -2.94. The van der Waals surface area contributed by atoms with Crippen molar-refractivity contribution in [3.63, 3.8) is 0 Å². The van der Waals surface area contributed by atoms with Gasteiger partial charge in [0.2, 0.25) is 5.75 Å². The first-order valence-corrected chi connectivity index (χ1v) is 14.4. The Balaban J connectivity index is 1.75. The average molecular weight is 529 g/mol. The third-order valence-electron chi connectivity index (χ3n) is 6.36. The van der Waals surface area contributed by atoms with Crippen molar-refractivity contribution in [3.05, 3.63) is 113 Å². The van der Waals surface area contributed by atoms with Crippen LogP contribution in [0, 0.1) is 0 Å². The Morgan fingerprint density at radius 2 is 1.08 bits per heavy atom. The molecule has 4 aromatic carbocycles. The number of rotatable bonds is 11. The summed E-state index contributed by atoms with van der Waals surface area (Å²) in [7, 11) is 3.45. The molecule has 0 aliphatic carbocycles. The van der Waals surface area contributed by atoms with E-state index in [0.29, 0.717) is 35.3 Å². The molecule has 4 aromatic rings. The van der Waals surface area contributed by atoms with Crippen LogP contribution in [-0.2, 0) is 16.9 Å². The first-order valence-electron chi connectivity index (χ1n) is 12.3. The molecule has 0 N–H and O–H groups in total. The molecule has 0 amide bonds. The monoisotopic (exact) mass is 528 g/mol. The third kappa shape index (κ3) is 6.30. The third-order valence-corrected chi connectivity index (χ3v) is 9.34. The molecule has 196 valence electrons. The molecule has 0 fully saturated rings. The van der Waals surface area contributed by atoms with Crippen molar-refractivity contribution >= 4 is 24.6 Å². The van der Waals surface area contributed by atoms with Gasteiger partial charge in [-0.3, -0.25) is 0 Å². The summed E-state index contributed by atoms with van der Waals surface area (Å²) in [6.07, 6.45) is 4.84. The van der Waals surface area contributed by atoms with Crippen LogP contribution in [-0.4, -0.2) is 28.4 Å². The quantitative estimate of drug-likeness (QED) is 0.151. The van der Waals surface area contributed by atoms with E-state index in [0.717, 1.165) is 27.6 Å². The number of hydrogen-bond acceptors (Lipinski definition) is 5. The fraction of sp³-hybridized carbons (Fsp3) is 0.188. The molecule has 0 aliphatic heterocycles. The minimum Gasteiger partial charge on any atom is -0.496 e. The van der Waals surface area contributed by atoms with E-state index >= 15 is 0 Å². The van der Waals surface area contributed by atoms with Crippen LogP contribution in [0.2, 0.25) is 0 Å². The van der Waals surface area contributed by atoms with Gasteiger partial charge in [0, 0.05) is 12.3 Å². The van der Waals surface area contributed by atoms with E-state index in [1.165, 1.54) is 0 Å². The van der Waals surface area contributed by atoms with E-state index in [4.69, 9.17) is 18.9 Å². The molecule has 0 unspecified atom stereocenters. The number of hydrogen-bond donors (Lipinski definition) is 0. The lowest BCUT2D eigenvalue weighted by molar-refractivity contribution is 0.324. The summed E-state index contributed by atoms with van der Waals surface area (Å²) >= 11 is 0. The Morgan fingerprint density at radius 3 is 1.55 bits per heavy atom. The van der Waals surface area contributed by atoms with Gasteiger partial charge in [0.15, 0.2) is 11.5 Å². The van der Waals surface area contributed by atoms with E-state index in [1.54, 1.807) is 28.4 Å². The van der Waals surface area contributed by atoms with Gasteiger partial charge in [-0.1, -0.05) is 78.9 Å². The van der Waals surface area contributed by atoms with Crippen molar-refractivity contribution in [1.29, 1.82) is 0 Å². The lowest BCUT2D eigenvalue weighted by Gasteiger charge is -2.22. The SMILES string of the molecule is COc1ccc(/C=C/c2cc(OC)c(OC)c(OC)c2)cc1P(=O)(Cc1ccccc1)Cc1ccccc1. The molecule has 0 atom stereocenters. The second-order valence-corrected chi connectivity index (χ2v) is 11.8. The molecule has 4 rings (SSSR count). The highest BCUT2D eigenvalue weighted by Crippen LogP contribution is 2.53. The first kappa shape index (κ1) is 27.1. The Kier molecular flexibility index (Phi) is 8.93. The Morgan fingerprint density at radius 1 is 0.579 bits per heavy atom. The van der Waals surface area contributed by atoms with Gasteiger partial charge in [0.1, 0.15) is 12.9 Å². The van der Waals surface area contributed by atoms with Crippen molar-refractivity contribution in [1.82, 2.24) is 0 Å². The maximum absolute atomic E-state index is 14.8. The van der Waals surface area contributed by atoms with Crippen LogP contribution in [0.15, 0.2) is 91.0 Å². The standard InChI is InChI=1S/C32H33O5P/c1-34-28-18-17-24(15-16-27-19-29(35-2)32(37-4)30(20-27)36-3)21-31(28)38(33,22-25-11-7-5-8-12-25)23-26-13-9-6-10-14-26/h5-21H,22-23H2,1-4H3/b16-15+. The molecule has 0 saturated carbocycles. The zero-order chi connectivity index (χ0) is 27.0. The molecule has 0 saturated heterocycles. The normalized spacial score (nSPS) is 11.4. The predicted octanol–water partition coefficient (Wildman–Crippen LogP) is 7.28. The summed E-state index contributed by atoms with van der Waals surface area (Å²) in [5, 5.41) is 0.736. The highest BCUT2D eigenvalue weighted by atomic mass is 31.2. The predicted molar refractivity (Wildman–Crippen MR) is 156 cm³/mol. The van der Waals surface area contributed by atoms with E-state index in [-0.39, 0.29) is 0 Å². The number of ether oxygens (including phenoxy) is 4. The second kappa shape index (κ2) is 12.5. The van der Waals surface area contributed by atoms with E-state index in [9.17, 15) is 4.57 Å². The number of benzene rings is 4. The summed E-state index contributed by atoms with van der Waals surface area (Å²) in [5.74, 6) is 2.33. The molecule has 38 heavy (non-hydrogen) atoms. The summed E-state index contributed by atoms with van der Waals surface area (Å²) in [6, 6.07) is 29.6. The molecule has 0 aromatic heterocycles. The van der Waals surface area contributed by atoms with Gasteiger partial charge in [-0.2, -0.15) is 0 Å². The highest BCUT2D eigenvalue weighted by molar-refractivity contribution is 7.70. The maximum atomic E-state index is 14.8. The fourth-order valence-electron chi connectivity index (χ4n) is 4.50. The largest absolute Gasteiger partial charge is 0.496 e. The molecule has 6 heteroatoms. The molecular formula is C32H33O5P. The molecule has 0 bridgehead atoms. The van der Waals surface area contributed by atoms with Crippen molar-refractivity contribution in [2.45, 2.75) is 12.3 Å². The van der Waals surface area contributed by atoms with Crippen LogP contribution in [0.4, 0.5) is 0 Å². The highest BCUT2D eigenvalue weighted by Gasteiger charge is 2.29. The molecule has 0 spiro atoms. The zero-order valence-electron chi connectivity index (χ0n) is 22.2. The van der Waals surface area contributed by atoms with Gasteiger partial charge in [-0.25, -0.2) is 0 Å². The summed E-state index contributed by atoms with van der Waals surface area (Å²) in [5.41, 5.74) is 3.86. The van der Waals surface area contributed by atoms with Crippen LogP contribution in [0.5, 0.6) is 23.0 Å². The van der Waals surface area contributed by atoms with Crippen molar-refractivity contribution in [3.8, 4) is 23.0 Å². The lowest BCUT2D eigenvalue weighted by Crippen LogP contribution is -2.13. The fourth-order valence-corrected chi connectivity index (χ4v) is 7.51. The zero-order valence-corrected chi connectivity index (χ0v) is 23.1. The Bertz CT molecular complexity index is 1360.